The third kappa shape index (κ3) is 4.18. The molecule has 1 aromatic heterocycles. The lowest BCUT2D eigenvalue weighted by molar-refractivity contribution is -0.384. The molecule has 0 aliphatic rings. The Morgan fingerprint density at radius 3 is 2.29 bits per heavy atom. The predicted octanol–water partition coefficient (Wildman–Crippen LogP) is 5.57. The fourth-order valence-electron chi connectivity index (χ4n) is 3.16. The van der Waals surface area contributed by atoms with Crippen LogP contribution in [0.2, 0.25) is 0 Å². The van der Waals surface area contributed by atoms with Crippen LogP contribution in [-0.4, -0.2) is 9.91 Å². The van der Waals surface area contributed by atoms with Gasteiger partial charge in [-0.2, -0.15) is 5.26 Å². The highest BCUT2D eigenvalue weighted by Gasteiger charge is 2.16. The van der Waals surface area contributed by atoms with E-state index >= 15 is 0 Å². The molecule has 3 aromatic carbocycles. The van der Waals surface area contributed by atoms with Crippen LogP contribution in [0.3, 0.4) is 0 Å². The normalized spacial score (nSPS) is 10.3. The van der Waals surface area contributed by atoms with E-state index in [4.69, 9.17) is 10.5 Å². The quantitative estimate of drug-likeness (QED) is 0.341. The smallest absolute Gasteiger partial charge is 0.270 e. The molecule has 0 aliphatic heterocycles. The van der Waals surface area contributed by atoms with Gasteiger partial charge in [0.25, 0.3) is 5.69 Å². The Morgan fingerprint density at radius 2 is 1.61 bits per heavy atom. The zero-order valence-corrected chi connectivity index (χ0v) is 16.2. The molecular formula is C24H16N4O3. The number of nitro benzene ring substituents is 1. The van der Waals surface area contributed by atoms with Crippen molar-refractivity contribution in [2.75, 3.05) is 5.73 Å². The van der Waals surface area contributed by atoms with Crippen molar-refractivity contribution in [3.8, 4) is 40.0 Å². The van der Waals surface area contributed by atoms with Gasteiger partial charge in [-0.1, -0.05) is 30.3 Å². The van der Waals surface area contributed by atoms with Crippen LogP contribution in [-0.2, 0) is 0 Å². The summed E-state index contributed by atoms with van der Waals surface area (Å²) in [5.41, 5.74) is 8.47. The molecule has 31 heavy (non-hydrogen) atoms. The first kappa shape index (κ1) is 19.6. The average molecular weight is 408 g/mol. The number of hydrogen-bond donors (Lipinski definition) is 1. The monoisotopic (exact) mass is 408 g/mol. The second-order valence-electron chi connectivity index (χ2n) is 6.67. The number of nitriles is 1. The van der Waals surface area contributed by atoms with Crippen LogP contribution in [0.1, 0.15) is 5.56 Å². The largest absolute Gasteiger partial charge is 0.457 e. The van der Waals surface area contributed by atoms with Gasteiger partial charge in [-0.25, -0.2) is 4.98 Å². The number of nitrogens with zero attached hydrogens (tertiary/aromatic N) is 3. The van der Waals surface area contributed by atoms with Gasteiger partial charge >= 0.3 is 0 Å². The van der Waals surface area contributed by atoms with Gasteiger partial charge in [-0.3, -0.25) is 10.1 Å². The fourth-order valence-corrected chi connectivity index (χ4v) is 3.16. The Bertz CT molecular complexity index is 1300. The van der Waals surface area contributed by atoms with Gasteiger partial charge in [0.1, 0.15) is 28.9 Å². The summed E-state index contributed by atoms with van der Waals surface area (Å²) >= 11 is 0. The highest BCUT2D eigenvalue weighted by molar-refractivity contribution is 5.81. The number of hydrogen-bond acceptors (Lipinski definition) is 6. The number of nitro groups is 1. The lowest BCUT2D eigenvalue weighted by Gasteiger charge is -2.11. The molecule has 4 aromatic rings. The van der Waals surface area contributed by atoms with Crippen molar-refractivity contribution in [3.05, 3.63) is 101 Å². The summed E-state index contributed by atoms with van der Waals surface area (Å²) in [6.07, 6.45) is 0. The third-order valence-corrected chi connectivity index (χ3v) is 4.66. The van der Waals surface area contributed by atoms with E-state index in [-0.39, 0.29) is 17.1 Å². The zero-order chi connectivity index (χ0) is 21.8. The molecule has 7 nitrogen and oxygen atoms in total. The van der Waals surface area contributed by atoms with Gasteiger partial charge in [0.05, 0.1) is 10.6 Å². The molecule has 0 spiro atoms. The van der Waals surface area contributed by atoms with Crippen molar-refractivity contribution in [3.63, 3.8) is 0 Å². The molecule has 0 atom stereocenters. The number of pyridine rings is 1. The number of nitrogen functional groups attached to an aromatic ring is 1. The summed E-state index contributed by atoms with van der Waals surface area (Å²) in [5.74, 6) is 1.45. The maximum Gasteiger partial charge on any atom is 0.270 e. The van der Waals surface area contributed by atoms with E-state index in [1.165, 1.54) is 12.1 Å². The van der Waals surface area contributed by atoms with Gasteiger partial charge < -0.3 is 10.5 Å². The van der Waals surface area contributed by atoms with Gasteiger partial charge in [0.2, 0.25) is 0 Å². The van der Waals surface area contributed by atoms with Crippen LogP contribution < -0.4 is 10.5 Å². The SMILES string of the molecule is N#Cc1c(-c2cccc([N+](=O)[O-])c2)cc(-c2ccc(Oc3ccccc3)cc2)nc1N. The Hall–Kier alpha value is -4.70. The second kappa shape index (κ2) is 8.35. The van der Waals surface area contributed by atoms with Crippen LogP contribution in [0, 0.1) is 21.4 Å². The lowest BCUT2D eigenvalue weighted by Crippen LogP contribution is -2.00. The standard InChI is InChI=1S/C24H16N4O3/c25-15-22-21(17-5-4-6-18(13-17)28(29)30)14-23(27-24(22)26)16-9-11-20(12-10-16)31-19-7-2-1-3-8-19/h1-14H,(H2,26,27). The van der Waals surface area contributed by atoms with Crippen molar-refractivity contribution >= 4 is 11.5 Å². The molecule has 150 valence electrons. The van der Waals surface area contributed by atoms with Crippen LogP contribution in [0.25, 0.3) is 22.4 Å². The maximum atomic E-state index is 11.1. The zero-order valence-electron chi connectivity index (χ0n) is 16.2. The van der Waals surface area contributed by atoms with Gasteiger partial charge in [0.15, 0.2) is 0 Å². The Morgan fingerprint density at radius 1 is 0.903 bits per heavy atom. The Labute approximate surface area is 178 Å². The van der Waals surface area contributed by atoms with E-state index < -0.39 is 4.92 Å². The maximum absolute atomic E-state index is 11.1. The second-order valence-corrected chi connectivity index (χ2v) is 6.67. The summed E-state index contributed by atoms with van der Waals surface area (Å²) in [6, 6.07) is 26.6. The summed E-state index contributed by atoms with van der Waals surface area (Å²) in [6.45, 7) is 0. The molecule has 0 fully saturated rings. The van der Waals surface area contributed by atoms with E-state index in [1.807, 2.05) is 60.7 Å². The van der Waals surface area contributed by atoms with E-state index in [1.54, 1.807) is 18.2 Å². The Balaban J connectivity index is 1.72. The summed E-state index contributed by atoms with van der Waals surface area (Å²) < 4.78 is 5.81. The molecule has 0 aliphatic carbocycles. The Kier molecular flexibility index (Phi) is 5.28. The summed E-state index contributed by atoms with van der Waals surface area (Å²) in [7, 11) is 0. The number of aromatic nitrogens is 1. The number of nitrogens with two attached hydrogens (primary N) is 1. The molecule has 1 heterocycles. The van der Waals surface area contributed by atoms with Crippen molar-refractivity contribution in [1.82, 2.24) is 4.98 Å². The van der Waals surface area contributed by atoms with Crippen molar-refractivity contribution in [1.29, 1.82) is 5.26 Å². The highest BCUT2D eigenvalue weighted by atomic mass is 16.6. The molecule has 0 radical (unpaired) electrons. The van der Waals surface area contributed by atoms with Gasteiger partial charge in [-0.15, -0.1) is 0 Å². The first-order valence-corrected chi connectivity index (χ1v) is 9.34. The average Bonchev–Trinajstić information content (AvgIpc) is 2.80. The summed E-state index contributed by atoms with van der Waals surface area (Å²) in [5, 5.41) is 20.7. The van der Waals surface area contributed by atoms with Crippen LogP contribution >= 0.6 is 0 Å². The highest BCUT2D eigenvalue weighted by Crippen LogP contribution is 2.33. The molecular weight excluding hydrogens is 392 g/mol. The van der Waals surface area contributed by atoms with E-state index in [0.717, 1.165) is 11.3 Å². The number of anilines is 1. The topological polar surface area (TPSA) is 115 Å². The molecule has 0 bridgehead atoms. The van der Waals surface area contributed by atoms with Crippen LogP contribution in [0.4, 0.5) is 11.5 Å². The molecule has 2 N–H and O–H groups in total. The first-order chi connectivity index (χ1) is 15.0. The molecule has 0 unspecified atom stereocenters. The van der Waals surface area contributed by atoms with Crippen LogP contribution in [0.15, 0.2) is 84.9 Å². The summed E-state index contributed by atoms with van der Waals surface area (Å²) in [4.78, 5) is 15.0. The minimum absolute atomic E-state index is 0.0612. The number of para-hydroxylation sites is 1. The number of non-ortho nitro benzene ring substituents is 1. The van der Waals surface area contributed by atoms with Crippen molar-refractivity contribution < 1.29 is 9.66 Å². The van der Waals surface area contributed by atoms with Crippen molar-refractivity contribution in [2.24, 2.45) is 0 Å². The van der Waals surface area contributed by atoms with Gasteiger partial charge in [0, 0.05) is 23.3 Å². The number of ether oxygens (including phenoxy) is 1. The third-order valence-electron chi connectivity index (χ3n) is 4.66. The van der Waals surface area contributed by atoms with E-state index in [9.17, 15) is 15.4 Å². The lowest BCUT2D eigenvalue weighted by atomic mass is 9.98. The minimum atomic E-state index is -0.480. The molecule has 0 saturated carbocycles. The number of rotatable bonds is 5. The van der Waals surface area contributed by atoms with Gasteiger partial charge in [-0.05, 0) is 48.0 Å². The van der Waals surface area contributed by atoms with E-state index in [2.05, 4.69) is 4.98 Å². The molecule has 4 rings (SSSR count). The predicted molar refractivity (Wildman–Crippen MR) is 117 cm³/mol. The number of benzene rings is 3. The van der Waals surface area contributed by atoms with Crippen LogP contribution in [0.5, 0.6) is 11.5 Å². The van der Waals surface area contributed by atoms with Crippen molar-refractivity contribution in [2.45, 2.75) is 0 Å². The molecule has 0 amide bonds. The molecule has 0 saturated heterocycles. The first-order valence-electron chi connectivity index (χ1n) is 9.34. The fraction of sp³-hybridized carbons (Fsp3) is 0. The molecule has 7 heteroatoms. The minimum Gasteiger partial charge on any atom is -0.457 e. The van der Waals surface area contributed by atoms with E-state index in [0.29, 0.717) is 22.6 Å².